The van der Waals surface area contributed by atoms with E-state index in [4.69, 9.17) is 11.6 Å². The van der Waals surface area contributed by atoms with E-state index in [2.05, 4.69) is 18.6 Å². The Labute approximate surface area is 131 Å². The molecule has 0 saturated heterocycles. The molecule has 1 fully saturated rings. The Balaban J connectivity index is 2.26. The third-order valence-corrected chi connectivity index (χ3v) is 6.37. The highest BCUT2D eigenvalue weighted by Crippen LogP contribution is 2.51. The fourth-order valence-corrected chi connectivity index (χ4v) is 4.34. The SMILES string of the molecule is Cc1c(CO)cc(Cl)cc1S(=O)(=O)NCC1(C(C)C)CC1. The maximum atomic E-state index is 12.5. The zero-order valence-corrected chi connectivity index (χ0v) is 14.2. The maximum absolute atomic E-state index is 12.5. The summed E-state index contributed by atoms with van der Waals surface area (Å²) in [7, 11) is -3.62. The Hall–Kier alpha value is -0.620. The fourth-order valence-electron chi connectivity index (χ4n) is 2.59. The second kappa shape index (κ2) is 5.88. The second-order valence-electron chi connectivity index (χ2n) is 6.19. The van der Waals surface area contributed by atoms with E-state index in [9.17, 15) is 13.5 Å². The number of hydrogen-bond donors (Lipinski definition) is 2. The van der Waals surface area contributed by atoms with Crippen LogP contribution in [0.15, 0.2) is 17.0 Å². The molecule has 0 amide bonds. The maximum Gasteiger partial charge on any atom is 0.240 e. The molecule has 6 heteroatoms. The van der Waals surface area contributed by atoms with Gasteiger partial charge in [0.2, 0.25) is 10.0 Å². The van der Waals surface area contributed by atoms with E-state index in [0.29, 0.717) is 28.6 Å². The van der Waals surface area contributed by atoms with Crippen molar-refractivity contribution in [3.63, 3.8) is 0 Å². The van der Waals surface area contributed by atoms with E-state index in [1.807, 2.05) is 0 Å². The Morgan fingerprint density at radius 1 is 1.38 bits per heavy atom. The van der Waals surface area contributed by atoms with Crippen LogP contribution in [0.3, 0.4) is 0 Å². The van der Waals surface area contributed by atoms with Gasteiger partial charge in [0.05, 0.1) is 11.5 Å². The monoisotopic (exact) mass is 331 g/mol. The molecule has 2 rings (SSSR count). The zero-order valence-electron chi connectivity index (χ0n) is 12.6. The molecule has 2 N–H and O–H groups in total. The van der Waals surface area contributed by atoms with Crippen LogP contribution in [-0.4, -0.2) is 20.1 Å². The van der Waals surface area contributed by atoms with Crippen molar-refractivity contribution in [1.29, 1.82) is 0 Å². The molecule has 1 aliphatic carbocycles. The number of halogens is 1. The lowest BCUT2D eigenvalue weighted by molar-refractivity contribution is 0.280. The number of aliphatic hydroxyl groups is 1. The molecule has 1 aromatic carbocycles. The van der Waals surface area contributed by atoms with Crippen LogP contribution in [0.4, 0.5) is 0 Å². The second-order valence-corrected chi connectivity index (χ2v) is 8.36. The van der Waals surface area contributed by atoms with E-state index in [0.717, 1.165) is 12.8 Å². The molecule has 0 unspecified atom stereocenters. The van der Waals surface area contributed by atoms with Gasteiger partial charge in [-0.3, -0.25) is 0 Å². The number of sulfonamides is 1. The molecule has 0 aliphatic heterocycles. The Morgan fingerprint density at radius 2 is 2.00 bits per heavy atom. The Bertz CT molecular complexity index is 637. The van der Waals surface area contributed by atoms with Crippen molar-refractivity contribution in [2.24, 2.45) is 11.3 Å². The lowest BCUT2D eigenvalue weighted by Gasteiger charge is -2.20. The van der Waals surface area contributed by atoms with Crippen LogP contribution in [0.5, 0.6) is 0 Å². The molecule has 0 heterocycles. The molecule has 0 bridgehead atoms. The minimum absolute atomic E-state index is 0.0966. The summed E-state index contributed by atoms with van der Waals surface area (Å²) >= 11 is 5.96. The van der Waals surface area contributed by atoms with Crippen LogP contribution in [0.2, 0.25) is 5.02 Å². The molecular formula is C15H22ClNO3S. The largest absolute Gasteiger partial charge is 0.392 e. The molecule has 0 atom stereocenters. The molecule has 0 spiro atoms. The molecule has 1 aromatic rings. The minimum Gasteiger partial charge on any atom is -0.392 e. The third kappa shape index (κ3) is 3.42. The van der Waals surface area contributed by atoms with Crippen molar-refractivity contribution in [2.45, 2.75) is 45.1 Å². The summed E-state index contributed by atoms with van der Waals surface area (Å²) in [6, 6.07) is 3.03. The van der Waals surface area contributed by atoms with Crippen molar-refractivity contribution in [3.8, 4) is 0 Å². The Kier molecular flexibility index (Phi) is 4.69. The standard InChI is InChI=1S/C15H22ClNO3S/c1-10(2)15(4-5-15)9-17-21(19,20)14-7-13(16)6-12(8-18)11(14)3/h6-7,10,17-18H,4-5,8-9H2,1-3H3. The highest BCUT2D eigenvalue weighted by molar-refractivity contribution is 7.89. The first-order valence-corrected chi connectivity index (χ1v) is 8.97. The number of nitrogens with one attached hydrogen (secondary N) is 1. The summed E-state index contributed by atoms with van der Waals surface area (Å²) in [6.45, 7) is 6.15. The third-order valence-electron chi connectivity index (χ3n) is 4.62. The highest BCUT2D eigenvalue weighted by Gasteiger charge is 2.45. The van der Waals surface area contributed by atoms with Gasteiger partial charge < -0.3 is 5.11 Å². The van der Waals surface area contributed by atoms with Crippen molar-refractivity contribution in [1.82, 2.24) is 4.72 Å². The van der Waals surface area contributed by atoms with Gasteiger partial charge in [-0.15, -0.1) is 0 Å². The summed E-state index contributed by atoms with van der Waals surface area (Å²) in [6.07, 6.45) is 2.12. The van der Waals surface area contributed by atoms with Crippen molar-refractivity contribution in [3.05, 3.63) is 28.3 Å². The quantitative estimate of drug-likeness (QED) is 0.842. The van der Waals surface area contributed by atoms with Crippen LogP contribution in [-0.2, 0) is 16.6 Å². The van der Waals surface area contributed by atoms with E-state index >= 15 is 0 Å². The van der Waals surface area contributed by atoms with Gasteiger partial charge in [0, 0.05) is 11.6 Å². The van der Waals surface area contributed by atoms with Gasteiger partial charge in [0.15, 0.2) is 0 Å². The molecule has 0 aromatic heterocycles. The molecule has 21 heavy (non-hydrogen) atoms. The first-order valence-electron chi connectivity index (χ1n) is 7.11. The highest BCUT2D eigenvalue weighted by atomic mass is 35.5. The summed E-state index contributed by atoms with van der Waals surface area (Å²) in [5, 5.41) is 9.62. The first kappa shape index (κ1) is 16.7. The van der Waals surface area contributed by atoms with Gasteiger partial charge >= 0.3 is 0 Å². The number of aliphatic hydroxyl groups excluding tert-OH is 1. The van der Waals surface area contributed by atoms with Crippen LogP contribution in [0, 0.1) is 18.3 Å². The van der Waals surface area contributed by atoms with E-state index in [1.54, 1.807) is 13.0 Å². The topological polar surface area (TPSA) is 66.4 Å². The molecule has 1 aliphatic rings. The first-order chi connectivity index (χ1) is 9.72. The van der Waals surface area contributed by atoms with Gasteiger partial charge in [-0.25, -0.2) is 13.1 Å². The number of hydrogen-bond acceptors (Lipinski definition) is 3. The molecule has 4 nitrogen and oxygen atoms in total. The zero-order chi connectivity index (χ0) is 15.8. The van der Waals surface area contributed by atoms with Crippen LogP contribution in [0.1, 0.15) is 37.8 Å². The van der Waals surface area contributed by atoms with Crippen LogP contribution >= 0.6 is 11.6 Å². The van der Waals surface area contributed by atoms with Gasteiger partial charge in [0.1, 0.15) is 0 Å². The van der Waals surface area contributed by atoms with Gasteiger partial charge in [-0.05, 0) is 54.4 Å². The molecule has 0 radical (unpaired) electrons. The fraction of sp³-hybridized carbons (Fsp3) is 0.600. The normalized spacial score (nSPS) is 17.2. The predicted octanol–water partition coefficient (Wildman–Crippen LogP) is 2.86. The van der Waals surface area contributed by atoms with Gasteiger partial charge in [-0.2, -0.15) is 0 Å². The smallest absolute Gasteiger partial charge is 0.240 e. The van der Waals surface area contributed by atoms with E-state index in [-0.39, 0.29) is 16.9 Å². The number of rotatable bonds is 6. The van der Waals surface area contributed by atoms with Crippen LogP contribution in [0.25, 0.3) is 0 Å². The van der Waals surface area contributed by atoms with Crippen molar-refractivity contribution < 1.29 is 13.5 Å². The average molecular weight is 332 g/mol. The van der Waals surface area contributed by atoms with E-state index in [1.165, 1.54) is 6.07 Å². The molecular weight excluding hydrogens is 310 g/mol. The van der Waals surface area contributed by atoms with Gasteiger partial charge in [-0.1, -0.05) is 25.4 Å². The summed E-state index contributed by atoms with van der Waals surface area (Å²) in [5.41, 5.74) is 1.18. The number of benzene rings is 1. The summed E-state index contributed by atoms with van der Waals surface area (Å²) in [4.78, 5) is 0.151. The Morgan fingerprint density at radius 3 is 2.48 bits per heavy atom. The average Bonchev–Trinajstić information content (AvgIpc) is 3.20. The molecule has 1 saturated carbocycles. The molecule has 118 valence electrons. The summed E-state index contributed by atoms with van der Waals surface area (Å²) < 4.78 is 27.7. The van der Waals surface area contributed by atoms with Crippen molar-refractivity contribution in [2.75, 3.05) is 6.54 Å². The van der Waals surface area contributed by atoms with Crippen LogP contribution < -0.4 is 4.72 Å². The lowest BCUT2D eigenvalue weighted by atomic mass is 9.93. The minimum atomic E-state index is -3.62. The predicted molar refractivity (Wildman–Crippen MR) is 83.8 cm³/mol. The lowest BCUT2D eigenvalue weighted by Crippen LogP contribution is -2.33. The summed E-state index contributed by atoms with van der Waals surface area (Å²) in [5.74, 6) is 0.452. The van der Waals surface area contributed by atoms with E-state index < -0.39 is 10.0 Å². The van der Waals surface area contributed by atoms with Crippen molar-refractivity contribution >= 4 is 21.6 Å². The van der Waals surface area contributed by atoms with Gasteiger partial charge in [0.25, 0.3) is 0 Å².